The molecule has 3 nitrogen and oxygen atoms in total. The predicted molar refractivity (Wildman–Crippen MR) is 75.3 cm³/mol. The van der Waals surface area contributed by atoms with Gasteiger partial charge in [0.05, 0.1) is 6.10 Å². The molecule has 1 heterocycles. The zero-order valence-electron chi connectivity index (χ0n) is 11.2. The maximum absolute atomic E-state index is 10.3. The highest BCUT2D eigenvalue weighted by Gasteiger charge is 2.23. The third-order valence-electron chi connectivity index (χ3n) is 3.92. The van der Waals surface area contributed by atoms with Crippen LogP contribution in [0.5, 0.6) is 0 Å². The van der Waals surface area contributed by atoms with Crippen molar-refractivity contribution in [2.75, 3.05) is 18.8 Å². The fraction of sp³-hybridized carbons (Fsp3) is 0.600. The summed E-state index contributed by atoms with van der Waals surface area (Å²) >= 11 is 0. The summed E-state index contributed by atoms with van der Waals surface area (Å²) in [5.74, 6) is 0. The fourth-order valence-corrected chi connectivity index (χ4v) is 2.86. The van der Waals surface area contributed by atoms with E-state index in [-0.39, 0.29) is 0 Å². The molecule has 1 aliphatic heterocycles. The van der Waals surface area contributed by atoms with Crippen molar-refractivity contribution in [1.29, 1.82) is 0 Å². The molecule has 18 heavy (non-hydrogen) atoms. The van der Waals surface area contributed by atoms with Gasteiger partial charge in [0, 0.05) is 18.3 Å². The molecule has 100 valence electrons. The normalized spacial score (nSPS) is 22.9. The number of anilines is 1. The van der Waals surface area contributed by atoms with E-state index in [2.05, 4.69) is 11.8 Å². The van der Waals surface area contributed by atoms with Crippen LogP contribution in [-0.2, 0) is 0 Å². The highest BCUT2D eigenvalue weighted by Crippen LogP contribution is 2.23. The van der Waals surface area contributed by atoms with Crippen LogP contribution in [-0.4, -0.2) is 29.1 Å². The summed E-state index contributed by atoms with van der Waals surface area (Å²) in [6.07, 6.45) is 4.58. The van der Waals surface area contributed by atoms with Gasteiger partial charge in [-0.1, -0.05) is 25.5 Å². The molecule has 1 fully saturated rings. The molecule has 3 heteroatoms. The number of hydrogen-bond acceptors (Lipinski definition) is 3. The van der Waals surface area contributed by atoms with Crippen molar-refractivity contribution < 1.29 is 5.11 Å². The highest BCUT2D eigenvalue weighted by molar-refractivity contribution is 5.41. The van der Waals surface area contributed by atoms with Crippen LogP contribution >= 0.6 is 0 Å². The summed E-state index contributed by atoms with van der Waals surface area (Å²) in [5.41, 5.74) is 7.40. The number of aliphatic hydroxyl groups is 1. The summed E-state index contributed by atoms with van der Waals surface area (Å²) in [7, 11) is 0. The van der Waals surface area contributed by atoms with Crippen molar-refractivity contribution >= 4 is 5.69 Å². The predicted octanol–water partition coefficient (Wildman–Crippen LogP) is 2.57. The van der Waals surface area contributed by atoms with Crippen LogP contribution in [0.1, 0.15) is 44.3 Å². The minimum absolute atomic E-state index is 0.430. The van der Waals surface area contributed by atoms with Gasteiger partial charge in [-0.05, 0) is 43.5 Å². The first-order valence-corrected chi connectivity index (χ1v) is 6.98. The summed E-state index contributed by atoms with van der Waals surface area (Å²) in [6.45, 7) is 4.07. The SMILES string of the molecule is CCC1CCCCN1CC(O)c1cccc(N)c1. The minimum Gasteiger partial charge on any atom is -0.399 e. The Labute approximate surface area is 110 Å². The lowest BCUT2D eigenvalue weighted by Gasteiger charge is -2.36. The molecule has 1 saturated heterocycles. The Kier molecular flexibility index (Phi) is 4.61. The van der Waals surface area contributed by atoms with Crippen LogP contribution in [0, 0.1) is 0 Å². The number of aliphatic hydroxyl groups excluding tert-OH is 1. The van der Waals surface area contributed by atoms with Crippen LogP contribution < -0.4 is 5.73 Å². The average Bonchev–Trinajstić information content (AvgIpc) is 2.39. The van der Waals surface area contributed by atoms with Gasteiger partial charge in [0.15, 0.2) is 0 Å². The summed E-state index contributed by atoms with van der Waals surface area (Å²) in [6, 6.07) is 8.21. The van der Waals surface area contributed by atoms with Crippen molar-refractivity contribution in [2.45, 2.75) is 44.8 Å². The largest absolute Gasteiger partial charge is 0.399 e. The molecule has 0 aliphatic carbocycles. The Bertz CT molecular complexity index is 381. The molecule has 2 rings (SSSR count). The molecule has 1 aromatic carbocycles. The first-order chi connectivity index (χ1) is 8.70. The number of rotatable bonds is 4. The molecule has 3 N–H and O–H groups in total. The zero-order chi connectivity index (χ0) is 13.0. The maximum atomic E-state index is 10.3. The van der Waals surface area contributed by atoms with Gasteiger partial charge in [-0.25, -0.2) is 0 Å². The fourth-order valence-electron chi connectivity index (χ4n) is 2.86. The van der Waals surface area contributed by atoms with Gasteiger partial charge in [-0.15, -0.1) is 0 Å². The molecule has 2 unspecified atom stereocenters. The number of β-amino-alcohol motifs (C(OH)–C–C–N with tert-alkyl or cyclic N) is 1. The molecule has 2 atom stereocenters. The van der Waals surface area contributed by atoms with Gasteiger partial charge in [-0.3, -0.25) is 4.90 Å². The quantitative estimate of drug-likeness (QED) is 0.805. The van der Waals surface area contributed by atoms with E-state index in [1.165, 1.54) is 25.7 Å². The lowest BCUT2D eigenvalue weighted by Crippen LogP contribution is -2.41. The monoisotopic (exact) mass is 248 g/mol. The zero-order valence-corrected chi connectivity index (χ0v) is 11.2. The van der Waals surface area contributed by atoms with E-state index in [1.807, 2.05) is 24.3 Å². The number of nitrogen functional groups attached to an aromatic ring is 1. The number of nitrogens with zero attached hydrogens (tertiary/aromatic N) is 1. The molecular weight excluding hydrogens is 224 g/mol. The third-order valence-corrected chi connectivity index (χ3v) is 3.92. The third kappa shape index (κ3) is 3.24. The standard InChI is InChI=1S/C15H24N2O/c1-2-14-8-3-4-9-17(14)11-15(18)12-6-5-7-13(16)10-12/h5-7,10,14-15,18H,2-4,8-9,11,16H2,1H3. The Hall–Kier alpha value is -1.06. The summed E-state index contributed by atoms with van der Waals surface area (Å²) in [5, 5.41) is 10.3. The van der Waals surface area contributed by atoms with Gasteiger partial charge < -0.3 is 10.8 Å². The lowest BCUT2D eigenvalue weighted by molar-refractivity contribution is 0.0656. The van der Waals surface area contributed by atoms with E-state index in [1.54, 1.807) is 0 Å². The van der Waals surface area contributed by atoms with Crippen molar-refractivity contribution in [3.05, 3.63) is 29.8 Å². The minimum atomic E-state index is -0.430. The van der Waals surface area contributed by atoms with Gasteiger partial charge in [0.2, 0.25) is 0 Å². The number of likely N-dealkylation sites (tertiary alicyclic amines) is 1. The molecular formula is C15H24N2O. The van der Waals surface area contributed by atoms with Crippen molar-refractivity contribution in [3.63, 3.8) is 0 Å². The second-order valence-corrected chi connectivity index (χ2v) is 5.24. The average molecular weight is 248 g/mol. The van der Waals surface area contributed by atoms with Crippen LogP contribution in [0.25, 0.3) is 0 Å². The number of piperidine rings is 1. The molecule has 0 amide bonds. The van der Waals surface area contributed by atoms with Crippen LogP contribution in [0.15, 0.2) is 24.3 Å². The summed E-state index contributed by atoms with van der Waals surface area (Å²) < 4.78 is 0. The first-order valence-electron chi connectivity index (χ1n) is 6.98. The topological polar surface area (TPSA) is 49.5 Å². The first kappa shape index (κ1) is 13.4. The van der Waals surface area contributed by atoms with Crippen molar-refractivity contribution in [2.24, 2.45) is 0 Å². The number of benzene rings is 1. The van der Waals surface area contributed by atoms with E-state index >= 15 is 0 Å². The maximum Gasteiger partial charge on any atom is 0.0917 e. The number of hydrogen-bond donors (Lipinski definition) is 2. The molecule has 1 aliphatic rings. The molecule has 0 radical (unpaired) electrons. The second kappa shape index (κ2) is 6.21. The highest BCUT2D eigenvalue weighted by atomic mass is 16.3. The smallest absolute Gasteiger partial charge is 0.0917 e. The molecule has 0 aromatic heterocycles. The molecule has 0 bridgehead atoms. The molecule has 0 spiro atoms. The molecule has 1 aromatic rings. The Morgan fingerprint density at radius 2 is 2.28 bits per heavy atom. The van der Waals surface area contributed by atoms with Gasteiger partial charge in [0.25, 0.3) is 0 Å². The van der Waals surface area contributed by atoms with Gasteiger partial charge in [-0.2, -0.15) is 0 Å². The van der Waals surface area contributed by atoms with Crippen LogP contribution in [0.2, 0.25) is 0 Å². The van der Waals surface area contributed by atoms with E-state index in [4.69, 9.17) is 5.73 Å². The number of nitrogens with two attached hydrogens (primary N) is 1. The lowest BCUT2D eigenvalue weighted by atomic mass is 9.98. The second-order valence-electron chi connectivity index (χ2n) is 5.24. The summed E-state index contributed by atoms with van der Waals surface area (Å²) in [4.78, 5) is 2.43. The Morgan fingerprint density at radius 3 is 3.00 bits per heavy atom. The van der Waals surface area contributed by atoms with E-state index < -0.39 is 6.10 Å². The van der Waals surface area contributed by atoms with Crippen molar-refractivity contribution in [3.8, 4) is 0 Å². The van der Waals surface area contributed by atoms with Crippen LogP contribution in [0.4, 0.5) is 5.69 Å². The Balaban J connectivity index is 1.99. The Morgan fingerprint density at radius 1 is 1.44 bits per heavy atom. The van der Waals surface area contributed by atoms with Gasteiger partial charge in [0.1, 0.15) is 0 Å². The van der Waals surface area contributed by atoms with Gasteiger partial charge >= 0.3 is 0 Å². The molecule has 0 saturated carbocycles. The van der Waals surface area contributed by atoms with E-state index in [0.29, 0.717) is 6.04 Å². The van der Waals surface area contributed by atoms with E-state index in [0.717, 1.165) is 24.3 Å². The van der Waals surface area contributed by atoms with E-state index in [9.17, 15) is 5.11 Å². The van der Waals surface area contributed by atoms with Crippen molar-refractivity contribution in [1.82, 2.24) is 4.90 Å². The van der Waals surface area contributed by atoms with Crippen LogP contribution in [0.3, 0.4) is 0 Å².